The molecule has 27 heavy (non-hydrogen) atoms. The van der Waals surface area contributed by atoms with Crippen molar-refractivity contribution >= 4 is 17.5 Å². The third-order valence-corrected chi connectivity index (χ3v) is 4.45. The third kappa shape index (κ3) is 4.68. The van der Waals surface area contributed by atoms with Gasteiger partial charge >= 0.3 is 0 Å². The molecule has 2 amide bonds. The Morgan fingerprint density at radius 2 is 1.89 bits per heavy atom. The molecule has 0 aliphatic carbocycles. The molecule has 1 atom stereocenters. The van der Waals surface area contributed by atoms with E-state index in [0.29, 0.717) is 17.2 Å². The first-order chi connectivity index (χ1) is 13.0. The van der Waals surface area contributed by atoms with Gasteiger partial charge in [0.2, 0.25) is 11.8 Å². The number of nitriles is 2. The first-order valence-corrected chi connectivity index (χ1v) is 8.60. The normalized spacial score (nSPS) is 15.8. The molecule has 1 aliphatic heterocycles. The summed E-state index contributed by atoms with van der Waals surface area (Å²) in [6.07, 6.45) is 0.450. The maximum atomic E-state index is 12.8. The standard InChI is InChI=1S/C19H22N4O4/c1-26-15-5-6-17(27-2)16(12-15)23-13-14(11-18(23)24)19(25)22(9-3-7-20)10-4-8-21/h5-6,12,14H,3-4,9-11,13H2,1-2H3/t14-/m1/s1. The number of benzene rings is 1. The molecule has 0 aromatic heterocycles. The lowest BCUT2D eigenvalue weighted by atomic mass is 10.1. The molecule has 1 fully saturated rings. The highest BCUT2D eigenvalue weighted by Gasteiger charge is 2.38. The summed E-state index contributed by atoms with van der Waals surface area (Å²) in [4.78, 5) is 28.4. The third-order valence-electron chi connectivity index (χ3n) is 4.45. The van der Waals surface area contributed by atoms with Crippen molar-refractivity contribution in [1.29, 1.82) is 10.5 Å². The van der Waals surface area contributed by atoms with Crippen LogP contribution in [0.4, 0.5) is 5.69 Å². The fourth-order valence-electron chi connectivity index (χ4n) is 3.07. The van der Waals surface area contributed by atoms with Gasteiger partial charge in [-0.05, 0) is 12.1 Å². The summed E-state index contributed by atoms with van der Waals surface area (Å²) in [5.74, 6) is 0.186. The van der Waals surface area contributed by atoms with Crippen LogP contribution in [0, 0.1) is 28.6 Å². The Morgan fingerprint density at radius 3 is 2.44 bits per heavy atom. The Kier molecular flexibility index (Phi) is 7.01. The van der Waals surface area contributed by atoms with Crippen molar-refractivity contribution in [3.8, 4) is 23.6 Å². The summed E-state index contributed by atoms with van der Waals surface area (Å²) in [7, 11) is 3.05. The van der Waals surface area contributed by atoms with Crippen LogP contribution in [0.5, 0.6) is 11.5 Å². The van der Waals surface area contributed by atoms with Crippen LogP contribution in [0.3, 0.4) is 0 Å². The molecule has 142 valence electrons. The second-order valence-electron chi connectivity index (χ2n) is 6.08. The van der Waals surface area contributed by atoms with Gasteiger partial charge in [0.1, 0.15) is 11.5 Å². The molecule has 1 aliphatic rings. The fourth-order valence-corrected chi connectivity index (χ4v) is 3.07. The number of amides is 2. The van der Waals surface area contributed by atoms with Crippen molar-refractivity contribution in [1.82, 2.24) is 4.90 Å². The number of hydrogen-bond acceptors (Lipinski definition) is 6. The van der Waals surface area contributed by atoms with Crippen LogP contribution in [0.15, 0.2) is 18.2 Å². The highest BCUT2D eigenvalue weighted by Crippen LogP contribution is 2.36. The molecule has 0 bridgehead atoms. The number of anilines is 1. The molecule has 2 rings (SSSR count). The molecule has 0 N–H and O–H groups in total. The summed E-state index contributed by atoms with van der Waals surface area (Å²) in [6.45, 7) is 0.727. The molecule has 0 radical (unpaired) electrons. The van der Waals surface area contributed by atoms with Gasteiger partial charge in [-0.3, -0.25) is 9.59 Å². The molecule has 0 saturated carbocycles. The molecular weight excluding hydrogens is 348 g/mol. The Balaban J connectivity index is 2.20. The summed E-state index contributed by atoms with van der Waals surface area (Å²) < 4.78 is 10.6. The van der Waals surface area contributed by atoms with Crippen molar-refractivity contribution in [3.05, 3.63) is 18.2 Å². The van der Waals surface area contributed by atoms with Gasteiger partial charge in [0.15, 0.2) is 0 Å². The van der Waals surface area contributed by atoms with E-state index in [1.807, 2.05) is 12.1 Å². The van der Waals surface area contributed by atoms with Gasteiger partial charge in [0, 0.05) is 32.1 Å². The monoisotopic (exact) mass is 370 g/mol. The molecule has 0 spiro atoms. The van der Waals surface area contributed by atoms with E-state index in [2.05, 4.69) is 0 Å². The minimum Gasteiger partial charge on any atom is -0.497 e. The van der Waals surface area contributed by atoms with Crippen molar-refractivity contribution in [2.45, 2.75) is 19.3 Å². The predicted octanol–water partition coefficient (Wildman–Crippen LogP) is 1.71. The Hall–Kier alpha value is -3.26. The first-order valence-electron chi connectivity index (χ1n) is 8.60. The van der Waals surface area contributed by atoms with Gasteiger partial charge in [-0.25, -0.2) is 0 Å². The van der Waals surface area contributed by atoms with Crippen LogP contribution in [-0.2, 0) is 9.59 Å². The van der Waals surface area contributed by atoms with Gasteiger partial charge in [-0.2, -0.15) is 10.5 Å². The lowest BCUT2D eigenvalue weighted by molar-refractivity contribution is -0.135. The molecular formula is C19H22N4O4. The Morgan fingerprint density at radius 1 is 1.22 bits per heavy atom. The maximum absolute atomic E-state index is 12.8. The summed E-state index contributed by atoms with van der Waals surface area (Å²) >= 11 is 0. The van der Waals surface area contributed by atoms with Crippen LogP contribution in [0.1, 0.15) is 19.3 Å². The van der Waals surface area contributed by atoms with E-state index in [1.165, 1.54) is 24.0 Å². The first kappa shape index (κ1) is 20.1. The molecule has 1 heterocycles. The zero-order chi connectivity index (χ0) is 19.8. The van der Waals surface area contributed by atoms with Gasteiger partial charge < -0.3 is 19.3 Å². The smallest absolute Gasteiger partial charge is 0.228 e. The van der Waals surface area contributed by atoms with Gasteiger partial charge in [-0.15, -0.1) is 0 Å². The number of hydrogen-bond donors (Lipinski definition) is 0. The zero-order valence-corrected chi connectivity index (χ0v) is 15.5. The highest BCUT2D eigenvalue weighted by molar-refractivity contribution is 6.01. The minimum atomic E-state index is -0.522. The molecule has 1 aromatic carbocycles. The predicted molar refractivity (Wildman–Crippen MR) is 97.0 cm³/mol. The molecule has 1 saturated heterocycles. The van der Waals surface area contributed by atoms with E-state index >= 15 is 0 Å². The lowest BCUT2D eigenvalue weighted by Gasteiger charge is -2.24. The van der Waals surface area contributed by atoms with Crippen molar-refractivity contribution in [2.24, 2.45) is 5.92 Å². The van der Waals surface area contributed by atoms with E-state index < -0.39 is 5.92 Å². The van der Waals surface area contributed by atoms with Crippen LogP contribution < -0.4 is 14.4 Å². The maximum Gasteiger partial charge on any atom is 0.228 e. The van der Waals surface area contributed by atoms with Crippen LogP contribution >= 0.6 is 0 Å². The second-order valence-corrected chi connectivity index (χ2v) is 6.08. The van der Waals surface area contributed by atoms with Gasteiger partial charge in [0.05, 0.1) is 50.8 Å². The topological polar surface area (TPSA) is 107 Å². The van der Waals surface area contributed by atoms with Crippen molar-refractivity contribution in [2.75, 3.05) is 38.8 Å². The molecule has 8 nitrogen and oxygen atoms in total. The van der Waals surface area contributed by atoms with E-state index in [4.69, 9.17) is 20.0 Å². The van der Waals surface area contributed by atoms with E-state index in [1.54, 1.807) is 18.2 Å². The number of ether oxygens (including phenoxy) is 2. The number of rotatable bonds is 8. The van der Waals surface area contributed by atoms with Crippen molar-refractivity contribution in [3.63, 3.8) is 0 Å². The number of methoxy groups -OCH3 is 2. The SMILES string of the molecule is COc1ccc(OC)c(N2C[C@H](C(=O)N(CCC#N)CCC#N)CC2=O)c1. The average Bonchev–Trinajstić information content (AvgIpc) is 3.08. The summed E-state index contributed by atoms with van der Waals surface area (Å²) in [5, 5.41) is 17.6. The van der Waals surface area contributed by atoms with Crippen LogP contribution in [0.2, 0.25) is 0 Å². The zero-order valence-electron chi connectivity index (χ0n) is 15.5. The average molecular weight is 370 g/mol. The van der Waals surface area contributed by atoms with Crippen LogP contribution in [-0.4, -0.2) is 50.6 Å². The van der Waals surface area contributed by atoms with Gasteiger partial charge in [-0.1, -0.05) is 0 Å². The number of carbonyl (C=O) groups excluding carboxylic acids is 2. The second kappa shape index (κ2) is 9.44. The minimum absolute atomic E-state index is 0.0782. The van der Waals surface area contributed by atoms with E-state index in [-0.39, 0.29) is 50.7 Å². The Bertz CT molecular complexity index is 763. The van der Waals surface area contributed by atoms with E-state index in [0.717, 1.165) is 0 Å². The summed E-state index contributed by atoms with van der Waals surface area (Å²) in [5.41, 5.74) is 0.553. The summed E-state index contributed by atoms with van der Waals surface area (Å²) in [6, 6.07) is 9.16. The van der Waals surface area contributed by atoms with Crippen LogP contribution in [0.25, 0.3) is 0 Å². The molecule has 8 heteroatoms. The molecule has 1 aromatic rings. The fraction of sp³-hybridized carbons (Fsp3) is 0.474. The number of carbonyl (C=O) groups is 2. The largest absolute Gasteiger partial charge is 0.497 e. The Labute approximate surface area is 158 Å². The lowest BCUT2D eigenvalue weighted by Crippen LogP contribution is -2.38. The van der Waals surface area contributed by atoms with Crippen molar-refractivity contribution < 1.29 is 19.1 Å². The highest BCUT2D eigenvalue weighted by atomic mass is 16.5. The quantitative estimate of drug-likeness (QED) is 0.689. The van der Waals surface area contributed by atoms with E-state index in [9.17, 15) is 9.59 Å². The van der Waals surface area contributed by atoms with Gasteiger partial charge in [0.25, 0.3) is 0 Å². The molecule has 0 unspecified atom stereocenters. The number of nitrogens with zero attached hydrogens (tertiary/aromatic N) is 4.